The van der Waals surface area contributed by atoms with E-state index >= 15 is 0 Å². The molecular weight excluding hydrogens is 202 g/mol. The predicted octanol–water partition coefficient (Wildman–Crippen LogP) is 2.25. The molecule has 3 nitrogen and oxygen atoms in total. The highest BCUT2D eigenvalue weighted by molar-refractivity contribution is 5.76. The fourth-order valence-corrected chi connectivity index (χ4v) is 2.44. The first kappa shape index (κ1) is 13.7. The van der Waals surface area contributed by atoms with Crippen molar-refractivity contribution in [3.8, 4) is 0 Å². The van der Waals surface area contributed by atoms with E-state index in [1.165, 1.54) is 19.3 Å². The van der Waals surface area contributed by atoms with Crippen molar-refractivity contribution in [2.45, 2.75) is 58.1 Å². The SMILES string of the molecule is COC(C)CN1CCCCCC1CC(C)=O. The Balaban J connectivity index is 2.54. The van der Waals surface area contributed by atoms with E-state index in [-0.39, 0.29) is 6.10 Å². The van der Waals surface area contributed by atoms with Gasteiger partial charge in [-0.15, -0.1) is 0 Å². The van der Waals surface area contributed by atoms with E-state index in [0.29, 0.717) is 18.2 Å². The summed E-state index contributed by atoms with van der Waals surface area (Å²) < 4.78 is 5.32. The lowest BCUT2D eigenvalue weighted by Gasteiger charge is -2.31. The molecule has 3 heteroatoms. The quantitative estimate of drug-likeness (QED) is 0.721. The minimum atomic E-state index is 0.257. The second kappa shape index (κ2) is 7.02. The maximum Gasteiger partial charge on any atom is 0.131 e. The molecule has 94 valence electrons. The van der Waals surface area contributed by atoms with Gasteiger partial charge in [0.1, 0.15) is 5.78 Å². The fraction of sp³-hybridized carbons (Fsp3) is 0.923. The molecule has 0 aromatic heterocycles. The van der Waals surface area contributed by atoms with Gasteiger partial charge >= 0.3 is 0 Å². The third kappa shape index (κ3) is 4.62. The zero-order chi connectivity index (χ0) is 12.0. The van der Waals surface area contributed by atoms with Crippen molar-refractivity contribution in [1.82, 2.24) is 4.90 Å². The normalized spacial score (nSPS) is 25.1. The van der Waals surface area contributed by atoms with Crippen LogP contribution >= 0.6 is 0 Å². The molecule has 1 saturated heterocycles. The summed E-state index contributed by atoms with van der Waals surface area (Å²) in [4.78, 5) is 13.7. The van der Waals surface area contributed by atoms with Gasteiger partial charge in [-0.3, -0.25) is 9.69 Å². The first-order chi connectivity index (χ1) is 7.63. The van der Waals surface area contributed by atoms with Crippen molar-refractivity contribution in [1.29, 1.82) is 0 Å². The number of hydrogen-bond acceptors (Lipinski definition) is 3. The second-order valence-electron chi connectivity index (χ2n) is 4.95. The van der Waals surface area contributed by atoms with Crippen LogP contribution in [0.2, 0.25) is 0 Å². The van der Waals surface area contributed by atoms with E-state index in [4.69, 9.17) is 4.74 Å². The molecule has 0 spiro atoms. The third-order valence-electron chi connectivity index (χ3n) is 3.42. The first-order valence-corrected chi connectivity index (χ1v) is 6.39. The minimum Gasteiger partial charge on any atom is -0.380 e. The maximum absolute atomic E-state index is 11.3. The van der Waals surface area contributed by atoms with Crippen molar-refractivity contribution in [3.63, 3.8) is 0 Å². The summed E-state index contributed by atoms with van der Waals surface area (Å²) in [6, 6.07) is 0.442. The Bertz CT molecular complexity index is 218. The number of hydrogen-bond donors (Lipinski definition) is 0. The molecule has 0 aromatic rings. The standard InChI is InChI=1S/C13H25NO2/c1-11(15)9-13-7-5-4-6-8-14(13)10-12(2)16-3/h12-13H,4-10H2,1-3H3. The van der Waals surface area contributed by atoms with Crippen LogP contribution in [0.5, 0.6) is 0 Å². The van der Waals surface area contributed by atoms with Gasteiger partial charge in [-0.25, -0.2) is 0 Å². The van der Waals surface area contributed by atoms with Gasteiger partial charge in [0.25, 0.3) is 0 Å². The number of ketones is 1. The summed E-state index contributed by atoms with van der Waals surface area (Å²) in [7, 11) is 1.75. The van der Waals surface area contributed by atoms with Crippen LogP contribution in [0.1, 0.15) is 46.0 Å². The predicted molar refractivity (Wildman–Crippen MR) is 65.6 cm³/mol. The second-order valence-corrected chi connectivity index (χ2v) is 4.95. The molecule has 0 amide bonds. The smallest absolute Gasteiger partial charge is 0.131 e. The number of likely N-dealkylation sites (tertiary alicyclic amines) is 1. The average Bonchev–Trinajstić information content (AvgIpc) is 2.44. The van der Waals surface area contributed by atoms with Crippen LogP contribution < -0.4 is 0 Å². The Labute approximate surface area is 99.1 Å². The Hall–Kier alpha value is -0.410. The van der Waals surface area contributed by atoms with Gasteiger partial charge in [0.15, 0.2) is 0 Å². The fourth-order valence-electron chi connectivity index (χ4n) is 2.44. The lowest BCUT2D eigenvalue weighted by molar-refractivity contribution is -0.118. The van der Waals surface area contributed by atoms with Crippen LogP contribution in [0.15, 0.2) is 0 Å². The molecule has 1 rings (SSSR count). The molecular formula is C13H25NO2. The summed E-state index contributed by atoms with van der Waals surface area (Å²) in [6.45, 7) is 5.86. The Morgan fingerprint density at radius 1 is 1.44 bits per heavy atom. The topological polar surface area (TPSA) is 29.5 Å². The van der Waals surface area contributed by atoms with Gasteiger partial charge < -0.3 is 4.74 Å². The van der Waals surface area contributed by atoms with Crippen molar-refractivity contribution in [3.05, 3.63) is 0 Å². The summed E-state index contributed by atoms with van der Waals surface area (Å²) >= 11 is 0. The molecule has 0 aromatic carbocycles. The van der Waals surface area contributed by atoms with Crippen molar-refractivity contribution < 1.29 is 9.53 Å². The largest absolute Gasteiger partial charge is 0.380 e. The molecule has 0 radical (unpaired) electrons. The first-order valence-electron chi connectivity index (χ1n) is 6.39. The lowest BCUT2D eigenvalue weighted by Crippen LogP contribution is -2.40. The van der Waals surface area contributed by atoms with Gasteiger partial charge in [0.05, 0.1) is 6.10 Å². The van der Waals surface area contributed by atoms with Gasteiger partial charge in [0, 0.05) is 26.1 Å². The monoisotopic (exact) mass is 227 g/mol. The van der Waals surface area contributed by atoms with E-state index in [2.05, 4.69) is 11.8 Å². The highest BCUT2D eigenvalue weighted by atomic mass is 16.5. The van der Waals surface area contributed by atoms with Crippen LogP contribution in [-0.2, 0) is 9.53 Å². The van der Waals surface area contributed by atoms with Crippen molar-refractivity contribution >= 4 is 5.78 Å². The van der Waals surface area contributed by atoms with Gasteiger partial charge in [-0.05, 0) is 33.2 Å². The molecule has 1 aliphatic rings. The summed E-state index contributed by atoms with van der Waals surface area (Å²) in [6.07, 6.45) is 5.94. The Morgan fingerprint density at radius 3 is 2.81 bits per heavy atom. The number of carbonyl (C=O) groups is 1. The van der Waals surface area contributed by atoms with Crippen LogP contribution in [0.25, 0.3) is 0 Å². The number of methoxy groups -OCH3 is 1. The van der Waals surface area contributed by atoms with E-state index < -0.39 is 0 Å². The molecule has 1 fully saturated rings. The number of ether oxygens (including phenoxy) is 1. The highest BCUT2D eigenvalue weighted by Gasteiger charge is 2.23. The summed E-state index contributed by atoms with van der Waals surface area (Å²) in [5.74, 6) is 0.307. The van der Waals surface area contributed by atoms with E-state index in [1.54, 1.807) is 14.0 Å². The van der Waals surface area contributed by atoms with Crippen molar-refractivity contribution in [2.75, 3.05) is 20.2 Å². The third-order valence-corrected chi connectivity index (χ3v) is 3.42. The van der Waals surface area contributed by atoms with Gasteiger partial charge in [-0.2, -0.15) is 0 Å². The van der Waals surface area contributed by atoms with Crippen LogP contribution in [0.3, 0.4) is 0 Å². The molecule has 1 aliphatic heterocycles. The molecule has 2 atom stereocenters. The van der Waals surface area contributed by atoms with Crippen LogP contribution in [0, 0.1) is 0 Å². The maximum atomic E-state index is 11.3. The lowest BCUT2D eigenvalue weighted by atomic mass is 10.0. The van der Waals surface area contributed by atoms with Gasteiger partial charge in [-0.1, -0.05) is 12.8 Å². The number of carbonyl (C=O) groups excluding carboxylic acids is 1. The van der Waals surface area contributed by atoms with E-state index in [1.807, 2.05) is 0 Å². The zero-order valence-corrected chi connectivity index (χ0v) is 10.9. The van der Waals surface area contributed by atoms with Gasteiger partial charge in [0.2, 0.25) is 0 Å². The molecule has 0 bridgehead atoms. The molecule has 0 saturated carbocycles. The summed E-state index contributed by atoms with van der Waals surface area (Å²) in [5.41, 5.74) is 0. The Kier molecular flexibility index (Phi) is 5.99. The van der Waals surface area contributed by atoms with E-state index in [9.17, 15) is 4.79 Å². The zero-order valence-electron chi connectivity index (χ0n) is 10.9. The molecule has 0 N–H and O–H groups in total. The Morgan fingerprint density at radius 2 is 2.19 bits per heavy atom. The molecule has 2 unspecified atom stereocenters. The number of nitrogens with zero attached hydrogens (tertiary/aromatic N) is 1. The highest BCUT2D eigenvalue weighted by Crippen LogP contribution is 2.20. The van der Waals surface area contributed by atoms with E-state index in [0.717, 1.165) is 19.5 Å². The van der Waals surface area contributed by atoms with Crippen molar-refractivity contribution in [2.24, 2.45) is 0 Å². The number of Topliss-reactive ketones (excluding diaryl/α,β-unsaturated/α-hetero) is 1. The molecule has 0 aliphatic carbocycles. The molecule has 1 heterocycles. The number of rotatable bonds is 5. The minimum absolute atomic E-state index is 0.257. The molecule has 16 heavy (non-hydrogen) atoms. The summed E-state index contributed by atoms with van der Waals surface area (Å²) in [5, 5.41) is 0. The average molecular weight is 227 g/mol. The van der Waals surface area contributed by atoms with Crippen LogP contribution in [0.4, 0.5) is 0 Å². The van der Waals surface area contributed by atoms with Crippen LogP contribution in [-0.4, -0.2) is 43.0 Å².